The second kappa shape index (κ2) is 4.58. The van der Waals surface area contributed by atoms with Crippen LogP contribution in [-0.2, 0) is 9.53 Å². The molecule has 0 radical (unpaired) electrons. The van der Waals surface area contributed by atoms with Gasteiger partial charge < -0.3 is 10.5 Å². The predicted molar refractivity (Wildman–Crippen MR) is 35.3 cm³/mol. The van der Waals surface area contributed by atoms with Crippen LogP contribution in [0.4, 0.5) is 0 Å². The Balaban J connectivity index is 3.45. The molecule has 0 aromatic carbocycles. The first kappa shape index (κ1) is 8.72. The summed E-state index contributed by atoms with van der Waals surface area (Å²) in [6.45, 7) is 0.406. The fourth-order valence-corrected chi connectivity index (χ4v) is 0.607. The van der Waals surface area contributed by atoms with Crippen LogP contribution in [0.5, 0.6) is 0 Å². The third kappa shape index (κ3) is 3.32. The van der Waals surface area contributed by atoms with Gasteiger partial charge in [0.05, 0.1) is 7.11 Å². The molecule has 0 aromatic rings. The van der Waals surface area contributed by atoms with Crippen molar-refractivity contribution in [1.82, 2.24) is 0 Å². The first-order valence-corrected chi connectivity index (χ1v) is 3.08. The summed E-state index contributed by atoms with van der Waals surface area (Å²) in [6.07, 6.45) is 0.466. The van der Waals surface area contributed by atoms with Gasteiger partial charge in [-0.15, -0.1) is 11.6 Å². The standard InChI is InChI=1S/C5H10ClNO2/c1-9-5(8)4(6)2-3-7/h4H,2-3,7H2,1H3/t4-/m1/s1. The number of hydrogen-bond acceptors (Lipinski definition) is 3. The van der Waals surface area contributed by atoms with Gasteiger partial charge in [-0.2, -0.15) is 0 Å². The Morgan fingerprint density at radius 2 is 2.44 bits per heavy atom. The predicted octanol–water partition coefficient (Wildman–Crippen LogP) is 0.116. The number of nitrogens with two attached hydrogens (primary N) is 1. The second-order valence-electron chi connectivity index (χ2n) is 1.57. The average Bonchev–Trinajstić information content (AvgIpc) is 1.87. The number of carbonyl (C=O) groups is 1. The molecule has 0 heterocycles. The Hall–Kier alpha value is -0.280. The van der Waals surface area contributed by atoms with Crippen molar-refractivity contribution in [2.45, 2.75) is 11.8 Å². The third-order valence-electron chi connectivity index (χ3n) is 0.877. The van der Waals surface area contributed by atoms with Crippen molar-refractivity contribution >= 4 is 17.6 Å². The molecule has 0 aliphatic carbocycles. The lowest BCUT2D eigenvalue weighted by atomic mass is 10.3. The summed E-state index contributed by atoms with van der Waals surface area (Å²) in [7, 11) is 1.30. The number of halogens is 1. The molecule has 0 saturated heterocycles. The minimum atomic E-state index is -0.583. The Morgan fingerprint density at radius 3 is 2.78 bits per heavy atom. The first-order valence-electron chi connectivity index (χ1n) is 2.64. The molecule has 0 aliphatic heterocycles. The maximum absolute atomic E-state index is 10.5. The van der Waals surface area contributed by atoms with Crippen LogP contribution in [0.25, 0.3) is 0 Å². The van der Waals surface area contributed by atoms with Crippen LogP contribution in [0.15, 0.2) is 0 Å². The Kier molecular flexibility index (Phi) is 4.44. The lowest BCUT2D eigenvalue weighted by Crippen LogP contribution is -2.19. The van der Waals surface area contributed by atoms with Crippen LogP contribution in [-0.4, -0.2) is 25.0 Å². The fourth-order valence-electron chi connectivity index (χ4n) is 0.392. The summed E-state index contributed by atoms with van der Waals surface area (Å²) in [6, 6.07) is 0. The highest BCUT2D eigenvalue weighted by Gasteiger charge is 2.13. The smallest absolute Gasteiger partial charge is 0.323 e. The Labute approximate surface area is 59.1 Å². The third-order valence-corrected chi connectivity index (χ3v) is 1.27. The lowest BCUT2D eigenvalue weighted by molar-refractivity contribution is -0.140. The van der Waals surface area contributed by atoms with E-state index in [0.717, 1.165) is 0 Å². The zero-order valence-corrected chi connectivity index (χ0v) is 6.02. The second-order valence-corrected chi connectivity index (χ2v) is 2.09. The van der Waals surface area contributed by atoms with Crippen LogP contribution in [0.3, 0.4) is 0 Å². The molecule has 0 fully saturated rings. The molecular formula is C5H10ClNO2. The quantitative estimate of drug-likeness (QED) is 0.460. The van der Waals surface area contributed by atoms with E-state index in [1.807, 2.05) is 0 Å². The van der Waals surface area contributed by atoms with Gasteiger partial charge in [0.2, 0.25) is 0 Å². The topological polar surface area (TPSA) is 52.3 Å². The van der Waals surface area contributed by atoms with Gasteiger partial charge >= 0.3 is 5.97 Å². The van der Waals surface area contributed by atoms with Crippen LogP contribution >= 0.6 is 11.6 Å². The van der Waals surface area contributed by atoms with Gasteiger partial charge in [-0.3, -0.25) is 4.79 Å². The fraction of sp³-hybridized carbons (Fsp3) is 0.800. The number of esters is 1. The molecule has 2 N–H and O–H groups in total. The highest BCUT2D eigenvalue weighted by atomic mass is 35.5. The first-order chi connectivity index (χ1) is 4.22. The molecule has 9 heavy (non-hydrogen) atoms. The minimum Gasteiger partial charge on any atom is -0.468 e. The van der Waals surface area contributed by atoms with Gasteiger partial charge in [-0.1, -0.05) is 0 Å². The van der Waals surface area contributed by atoms with E-state index in [1.165, 1.54) is 7.11 Å². The lowest BCUT2D eigenvalue weighted by Gasteiger charge is -2.02. The van der Waals surface area contributed by atoms with E-state index in [4.69, 9.17) is 17.3 Å². The van der Waals surface area contributed by atoms with Gasteiger partial charge in [0, 0.05) is 0 Å². The number of methoxy groups -OCH3 is 1. The number of hydrogen-bond donors (Lipinski definition) is 1. The maximum Gasteiger partial charge on any atom is 0.323 e. The molecule has 0 saturated carbocycles. The molecule has 3 nitrogen and oxygen atoms in total. The van der Waals surface area contributed by atoms with E-state index < -0.39 is 11.3 Å². The monoisotopic (exact) mass is 151 g/mol. The minimum absolute atomic E-state index is 0.406. The summed E-state index contributed by atoms with van der Waals surface area (Å²) in [5, 5.41) is -0.583. The van der Waals surface area contributed by atoms with E-state index >= 15 is 0 Å². The number of alkyl halides is 1. The van der Waals surface area contributed by atoms with Crippen molar-refractivity contribution in [3.8, 4) is 0 Å². The molecule has 0 aliphatic rings. The van der Waals surface area contributed by atoms with Crippen molar-refractivity contribution in [3.05, 3.63) is 0 Å². The van der Waals surface area contributed by atoms with E-state index in [0.29, 0.717) is 13.0 Å². The van der Waals surface area contributed by atoms with Crippen molar-refractivity contribution in [3.63, 3.8) is 0 Å². The highest BCUT2D eigenvalue weighted by Crippen LogP contribution is 2.01. The molecule has 0 amide bonds. The molecule has 0 rings (SSSR count). The van der Waals surface area contributed by atoms with Gasteiger partial charge in [-0.05, 0) is 13.0 Å². The summed E-state index contributed by atoms with van der Waals surface area (Å²) >= 11 is 5.48. The zero-order valence-electron chi connectivity index (χ0n) is 5.26. The number of ether oxygens (including phenoxy) is 1. The van der Waals surface area contributed by atoms with Gasteiger partial charge in [0.1, 0.15) is 5.38 Å². The summed E-state index contributed by atoms with van der Waals surface area (Å²) in [5.41, 5.74) is 5.13. The van der Waals surface area contributed by atoms with Crippen molar-refractivity contribution in [1.29, 1.82) is 0 Å². The largest absolute Gasteiger partial charge is 0.468 e. The van der Waals surface area contributed by atoms with E-state index in [1.54, 1.807) is 0 Å². The zero-order chi connectivity index (χ0) is 7.28. The summed E-state index contributed by atoms with van der Waals surface area (Å²) in [5.74, 6) is -0.415. The molecule has 0 unspecified atom stereocenters. The molecule has 0 bridgehead atoms. The van der Waals surface area contributed by atoms with Crippen molar-refractivity contribution in [2.75, 3.05) is 13.7 Å². The highest BCUT2D eigenvalue weighted by molar-refractivity contribution is 6.29. The molecule has 1 atom stereocenters. The molecule has 54 valence electrons. The van der Waals surface area contributed by atoms with E-state index in [-0.39, 0.29) is 0 Å². The molecular weight excluding hydrogens is 142 g/mol. The van der Waals surface area contributed by atoms with Crippen LogP contribution in [0.1, 0.15) is 6.42 Å². The van der Waals surface area contributed by atoms with Crippen LogP contribution in [0.2, 0.25) is 0 Å². The van der Waals surface area contributed by atoms with Gasteiger partial charge in [0.15, 0.2) is 0 Å². The Morgan fingerprint density at radius 1 is 1.89 bits per heavy atom. The molecule has 0 spiro atoms. The maximum atomic E-state index is 10.5. The van der Waals surface area contributed by atoms with Crippen LogP contribution < -0.4 is 5.73 Å². The number of carbonyl (C=O) groups excluding carboxylic acids is 1. The van der Waals surface area contributed by atoms with Crippen LogP contribution in [0, 0.1) is 0 Å². The average molecular weight is 152 g/mol. The van der Waals surface area contributed by atoms with Gasteiger partial charge in [-0.25, -0.2) is 0 Å². The summed E-state index contributed by atoms with van der Waals surface area (Å²) < 4.78 is 4.34. The van der Waals surface area contributed by atoms with Crippen molar-refractivity contribution < 1.29 is 9.53 Å². The Bertz CT molecular complexity index is 97.0. The summed E-state index contributed by atoms with van der Waals surface area (Å²) in [4.78, 5) is 10.5. The van der Waals surface area contributed by atoms with E-state index in [2.05, 4.69) is 4.74 Å². The molecule has 0 aromatic heterocycles. The SMILES string of the molecule is COC(=O)[C@H](Cl)CCN. The number of rotatable bonds is 3. The van der Waals surface area contributed by atoms with E-state index in [9.17, 15) is 4.79 Å². The van der Waals surface area contributed by atoms with Gasteiger partial charge in [0.25, 0.3) is 0 Å². The molecule has 4 heteroatoms. The van der Waals surface area contributed by atoms with Crippen molar-refractivity contribution in [2.24, 2.45) is 5.73 Å². The normalized spacial score (nSPS) is 12.8.